The summed E-state index contributed by atoms with van der Waals surface area (Å²) in [7, 11) is 1.70. The minimum Gasteiger partial charge on any atom is -0.495 e. The average Bonchev–Trinajstić information content (AvgIpc) is 2.77. The van der Waals surface area contributed by atoms with Crippen LogP contribution in [0.4, 0.5) is 11.4 Å². The van der Waals surface area contributed by atoms with Crippen molar-refractivity contribution >= 4 is 23.2 Å². The third-order valence-electron chi connectivity index (χ3n) is 5.22. The van der Waals surface area contributed by atoms with E-state index in [2.05, 4.69) is 26.5 Å². The second kappa shape index (κ2) is 10.6. The molecule has 0 spiro atoms. The van der Waals surface area contributed by atoms with Gasteiger partial charge in [-0.25, -0.2) is 0 Å². The number of nitrogens with zero attached hydrogens (tertiary/aromatic N) is 2. The Hall–Kier alpha value is -3.06. The van der Waals surface area contributed by atoms with Crippen molar-refractivity contribution in [3.05, 3.63) is 54.1 Å². The van der Waals surface area contributed by atoms with E-state index >= 15 is 0 Å². The molecule has 0 aliphatic carbocycles. The molecular formula is C23H30N4O3. The topological polar surface area (TPSA) is 73.9 Å². The van der Waals surface area contributed by atoms with Crippen LogP contribution < -0.4 is 20.3 Å². The number of carbonyl (C=O) groups is 2. The van der Waals surface area contributed by atoms with Crippen LogP contribution in [0, 0.1) is 6.92 Å². The lowest BCUT2D eigenvalue weighted by molar-refractivity contribution is -0.136. The van der Waals surface area contributed by atoms with Gasteiger partial charge in [-0.1, -0.05) is 24.3 Å². The van der Waals surface area contributed by atoms with Crippen LogP contribution in [-0.4, -0.2) is 63.1 Å². The van der Waals surface area contributed by atoms with Gasteiger partial charge in [0.1, 0.15) is 5.75 Å². The number of methoxy groups -OCH3 is 1. The summed E-state index contributed by atoms with van der Waals surface area (Å²) in [5.41, 5.74) is 2.79. The van der Waals surface area contributed by atoms with Gasteiger partial charge in [-0.15, -0.1) is 0 Å². The van der Waals surface area contributed by atoms with Crippen molar-refractivity contribution in [3.63, 3.8) is 0 Å². The maximum absolute atomic E-state index is 12.0. The summed E-state index contributed by atoms with van der Waals surface area (Å²) < 4.78 is 5.46. The van der Waals surface area contributed by atoms with Gasteiger partial charge in [0.2, 0.25) is 0 Å². The molecule has 1 aliphatic heterocycles. The van der Waals surface area contributed by atoms with E-state index in [1.54, 1.807) is 13.2 Å². The van der Waals surface area contributed by atoms with Gasteiger partial charge in [-0.05, 0) is 49.7 Å². The summed E-state index contributed by atoms with van der Waals surface area (Å²) >= 11 is 0. The Bertz CT molecular complexity index is 863. The first-order chi connectivity index (χ1) is 14.6. The van der Waals surface area contributed by atoms with E-state index in [1.807, 2.05) is 43.3 Å². The number of amides is 2. The van der Waals surface area contributed by atoms with Crippen molar-refractivity contribution in [3.8, 4) is 5.75 Å². The molecule has 160 valence electrons. The number of carbonyl (C=O) groups excluding carboxylic acids is 2. The standard InChI is InChI=1S/C23H30N4O3/c1-18-7-5-8-19(17-18)25-23(29)22(28)24-11-6-12-26-13-15-27(16-14-26)20-9-3-4-10-21(20)30-2/h3-5,7-10,17H,6,11-16H2,1-2H3,(H,24,28)(H,25,29). The lowest BCUT2D eigenvalue weighted by Gasteiger charge is -2.36. The highest BCUT2D eigenvalue weighted by molar-refractivity contribution is 6.39. The predicted molar refractivity (Wildman–Crippen MR) is 119 cm³/mol. The molecule has 0 atom stereocenters. The summed E-state index contributed by atoms with van der Waals surface area (Å²) in [6.45, 7) is 7.09. The van der Waals surface area contributed by atoms with E-state index in [-0.39, 0.29) is 0 Å². The summed E-state index contributed by atoms with van der Waals surface area (Å²) in [5.74, 6) is -0.332. The molecule has 0 unspecified atom stereocenters. The molecule has 1 saturated heterocycles. The number of aryl methyl sites for hydroxylation is 1. The molecule has 1 aliphatic rings. The largest absolute Gasteiger partial charge is 0.495 e. The summed E-state index contributed by atoms with van der Waals surface area (Å²) in [4.78, 5) is 28.7. The Morgan fingerprint density at radius 1 is 1.00 bits per heavy atom. The molecule has 0 saturated carbocycles. The zero-order chi connectivity index (χ0) is 21.3. The van der Waals surface area contributed by atoms with Crippen LogP contribution in [-0.2, 0) is 9.59 Å². The van der Waals surface area contributed by atoms with Crippen molar-refractivity contribution in [1.82, 2.24) is 10.2 Å². The smallest absolute Gasteiger partial charge is 0.313 e. The molecule has 2 amide bonds. The molecular weight excluding hydrogens is 380 g/mol. The lowest BCUT2D eigenvalue weighted by Crippen LogP contribution is -2.47. The SMILES string of the molecule is COc1ccccc1N1CCN(CCCNC(=O)C(=O)Nc2cccc(C)c2)CC1. The van der Waals surface area contributed by atoms with Crippen molar-refractivity contribution < 1.29 is 14.3 Å². The first kappa shape index (κ1) is 21.6. The molecule has 2 aromatic rings. The second-order valence-electron chi connectivity index (χ2n) is 7.43. The zero-order valence-corrected chi connectivity index (χ0v) is 17.7. The molecule has 30 heavy (non-hydrogen) atoms. The Balaban J connectivity index is 1.34. The van der Waals surface area contributed by atoms with Crippen molar-refractivity contribution in [2.24, 2.45) is 0 Å². The Morgan fingerprint density at radius 3 is 2.50 bits per heavy atom. The maximum atomic E-state index is 12.0. The number of hydrogen-bond donors (Lipinski definition) is 2. The lowest BCUT2D eigenvalue weighted by atomic mass is 10.2. The monoisotopic (exact) mass is 410 g/mol. The first-order valence-electron chi connectivity index (χ1n) is 10.3. The second-order valence-corrected chi connectivity index (χ2v) is 7.43. The summed E-state index contributed by atoms with van der Waals surface area (Å²) in [5, 5.41) is 5.33. The molecule has 1 heterocycles. The highest BCUT2D eigenvalue weighted by Crippen LogP contribution is 2.28. The highest BCUT2D eigenvalue weighted by atomic mass is 16.5. The number of nitrogens with one attached hydrogen (secondary N) is 2. The van der Waals surface area contributed by atoms with Crippen molar-refractivity contribution in [2.45, 2.75) is 13.3 Å². The Morgan fingerprint density at radius 2 is 1.77 bits per heavy atom. The van der Waals surface area contributed by atoms with Gasteiger partial charge >= 0.3 is 11.8 Å². The quantitative estimate of drug-likeness (QED) is 0.541. The van der Waals surface area contributed by atoms with Gasteiger partial charge in [0.25, 0.3) is 0 Å². The predicted octanol–water partition coefficient (Wildman–Crippen LogP) is 2.27. The fraction of sp³-hybridized carbons (Fsp3) is 0.391. The fourth-order valence-electron chi connectivity index (χ4n) is 3.60. The normalized spacial score (nSPS) is 14.3. The van der Waals surface area contributed by atoms with Gasteiger partial charge in [0, 0.05) is 38.4 Å². The average molecular weight is 411 g/mol. The number of ether oxygens (including phenoxy) is 1. The summed E-state index contributed by atoms with van der Waals surface area (Å²) in [6, 6.07) is 15.5. The molecule has 0 radical (unpaired) electrons. The highest BCUT2D eigenvalue weighted by Gasteiger charge is 2.19. The van der Waals surface area contributed by atoms with Crippen LogP contribution >= 0.6 is 0 Å². The fourth-order valence-corrected chi connectivity index (χ4v) is 3.60. The Labute approximate surface area is 178 Å². The van der Waals surface area contributed by atoms with Crippen LogP contribution in [0.1, 0.15) is 12.0 Å². The number of piperazine rings is 1. The van der Waals surface area contributed by atoms with E-state index in [0.717, 1.165) is 56.1 Å². The van der Waals surface area contributed by atoms with Gasteiger partial charge in [0.15, 0.2) is 0 Å². The third kappa shape index (κ3) is 5.97. The number of hydrogen-bond acceptors (Lipinski definition) is 5. The molecule has 2 N–H and O–H groups in total. The number of para-hydroxylation sites is 2. The van der Waals surface area contributed by atoms with Gasteiger partial charge in [0.05, 0.1) is 12.8 Å². The summed E-state index contributed by atoms with van der Waals surface area (Å²) in [6.07, 6.45) is 0.804. The molecule has 7 heteroatoms. The van der Waals surface area contributed by atoms with Crippen LogP contribution in [0.2, 0.25) is 0 Å². The molecule has 3 rings (SSSR count). The van der Waals surface area contributed by atoms with E-state index in [9.17, 15) is 9.59 Å². The first-order valence-corrected chi connectivity index (χ1v) is 10.3. The Kier molecular flexibility index (Phi) is 7.68. The van der Waals surface area contributed by atoms with Gasteiger partial charge < -0.3 is 20.3 Å². The van der Waals surface area contributed by atoms with E-state index in [0.29, 0.717) is 12.2 Å². The van der Waals surface area contributed by atoms with Crippen molar-refractivity contribution in [1.29, 1.82) is 0 Å². The van der Waals surface area contributed by atoms with Gasteiger partial charge in [-0.3, -0.25) is 14.5 Å². The van der Waals surface area contributed by atoms with Crippen molar-refractivity contribution in [2.75, 3.05) is 56.6 Å². The minimum atomic E-state index is -0.633. The molecule has 0 bridgehead atoms. The van der Waals surface area contributed by atoms with E-state index < -0.39 is 11.8 Å². The maximum Gasteiger partial charge on any atom is 0.313 e. The molecule has 2 aromatic carbocycles. The molecule has 1 fully saturated rings. The number of rotatable bonds is 7. The zero-order valence-electron chi connectivity index (χ0n) is 17.7. The third-order valence-corrected chi connectivity index (χ3v) is 5.22. The van der Waals surface area contributed by atoms with E-state index in [1.165, 1.54) is 0 Å². The number of anilines is 2. The van der Waals surface area contributed by atoms with Crippen LogP contribution in [0.15, 0.2) is 48.5 Å². The number of benzene rings is 2. The molecule has 0 aromatic heterocycles. The van der Waals surface area contributed by atoms with Crippen LogP contribution in [0.25, 0.3) is 0 Å². The molecule has 7 nitrogen and oxygen atoms in total. The minimum absolute atomic E-state index is 0.479. The van der Waals surface area contributed by atoms with Crippen LogP contribution in [0.5, 0.6) is 5.75 Å². The van der Waals surface area contributed by atoms with E-state index in [4.69, 9.17) is 4.74 Å². The van der Waals surface area contributed by atoms with Crippen LogP contribution in [0.3, 0.4) is 0 Å². The van der Waals surface area contributed by atoms with Gasteiger partial charge in [-0.2, -0.15) is 0 Å².